The van der Waals surface area contributed by atoms with E-state index in [1.165, 1.54) is 5.56 Å². The summed E-state index contributed by atoms with van der Waals surface area (Å²) >= 11 is 0. The number of urea groups is 1. The third-order valence-corrected chi connectivity index (χ3v) is 4.89. The highest BCUT2D eigenvalue weighted by atomic mass is 16.4. The summed E-state index contributed by atoms with van der Waals surface area (Å²) in [5, 5.41) is 12.0. The molecule has 1 aromatic carbocycles. The fourth-order valence-corrected chi connectivity index (χ4v) is 2.94. The molecule has 6 nitrogen and oxygen atoms in total. The van der Waals surface area contributed by atoms with Crippen molar-refractivity contribution in [3.8, 4) is 0 Å². The largest absolute Gasteiger partial charge is 0.480 e. The summed E-state index contributed by atoms with van der Waals surface area (Å²) in [6.07, 6.45) is 4.94. The fraction of sp³-hybridized carbons (Fsp3) is 0.500. The standard InChI is InChI=1S/C20H29N3O3/c1-3-16(2)18(19(24)25)21-20(26)23-14-12-22(13-15-23)11-7-10-17-8-5-4-6-9-17/h4-10,16,18H,3,11-15H2,1-2H3,(H,21,26)(H,24,25)/t16-,18-/m0/s1. The molecule has 0 saturated carbocycles. The van der Waals surface area contributed by atoms with Crippen molar-refractivity contribution >= 4 is 18.1 Å². The van der Waals surface area contributed by atoms with Gasteiger partial charge in [-0.1, -0.05) is 62.8 Å². The second-order valence-electron chi connectivity index (χ2n) is 6.75. The number of carbonyl (C=O) groups excluding carboxylic acids is 1. The Labute approximate surface area is 155 Å². The quantitative estimate of drug-likeness (QED) is 0.785. The van der Waals surface area contributed by atoms with E-state index >= 15 is 0 Å². The molecule has 0 aromatic heterocycles. The van der Waals surface area contributed by atoms with Gasteiger partial charge in [-0.3, -0.25) is 4.90 Å². The monoisotopic (exact) mass is 359 g/mol. The van der Waals surface area contributed by atoms with Gasteiger partial charge in [0.2, 0.25) is 0 Å². The van der Waals surface area contributed by atoms with Crippen LogP contribution in [0, 0.1) is 5.92 Å². The van der Waals surface area contributed by atoms with Crippen molar-refractivity contribution < 1.29 is 14.7 Å². The molecule has 2 amide bonds. The molecule has 2 rings (SSSR count). The first kappa shape index (κ1) is 20.0. The molecule has 1 heterocycles. The number of nitrogens with one attached hydrogen (secondary N) is 1. The van der Waals surface area contributed by atoms with E-state index < -0.39 is 12.0 Å². The van der Waals surface area contributed by atoms with Gasteiger partial charge in [0.25, 0.3) is 0 Å². The highest BCUT2D eigenvalue weighted by Crippen LogP contribution is 2.10. The molecule has 1 aliphatic heterocycles. The molecule has 2 atom stereocenters. The second kappa shape index (κ2) is 9.97. The maximum absolute atomic E-state index is 12.4. The van der Waals surface area contributed by atoms with Crippen LogP contribution in [-0.2, 0) is 4.79 Å². The van der Waals surface area contributed by atoms with E-state index in [2.05, 4.69) is 34.5 Å². The molecule has 1 fully saturated rings. The van der Waals surface area contributed by atoms with E-state index in [0.717, 1.165) is 19.6 Å². The smallest absolute Gasteiger partial charge is 0.326 e. The Bertz CT molecular complexity index is 610. The molecule has 2 N–H and O–H groups in total. The van der Waals surface area contributed by atoms with Gasteiger partial charge in [0.05, 0.1) is 0 Å². The van der Waals surface area contributed by atoms with Crippen LogP contribution >= 0.6 is 0 Å². The molecule has 26 heavy (non-hydrogen) atoms. The third kappa shape index (κ3) is 5.88. The highest BCUT2D eigenvalue weighted by molar-refractivity contribution is 5.82. The Morgan fingerprint density at radius 3 is 2.42 bits per heavy atom. The van der Waals surface area contributed by atoms with Crippen molar-refractivity contribution in [2.75, 3.05) is 32.7 Å². The average molecular weight is 359 g/mol. The molecular formula is C20H29N3O3. The Morgan fingerprint density at radius 1 is 1.19 bits per heavy atom. The summed E-state index contributed by atoms with van der Waals surface area (Å²) in [7, 11) is 0. The number of hydrogen-bond donors (Lipinski definition) is 2. The predicted molar refractivity (Wildman–Crippen MR) is 103 cm³/mol. The summed E-state index contributed by atoms with van der Waals surface area (Å²) in [5.74, 6) is -1.07. The van der Waals surface area contributed by atoms with Gasteiger partial charge in [0, 0.05) is 32.7 Å². The minimum Gasteiger partial charge on any atom is -0.480 e. The number of hydrogen-bond acceptors (Lipinski definition) is 3. The lowest BCUT2D eigenvalue weighted by Gasteiger charge is -2.35. The van der Waals surface area contributed by atoms with E-state index in [4.69, 9.17) is 0 Å². The van der Waals surface area contributed by atoms with E-state index in [9.17, 15) is 14.7 Å². The Morgan fingerprint density at radius 2 is 1.85 bits per heavy atom. The minimum absolute atomic E-state index is 0.0964. The van der Waals surface area contributed by atoms with Crippen molar-refractivity contribution in [3.05, 3.63) is 42.0 Å². The lowest BCUT2D eigenvalue weighted by molar-refractivity contribution is -0.140. The van der Waals surface area contributed by atoms with Gasteiger partial charge < -0.3 is 15.3 Å². The number of nitrogens with zero attached hydrogens (tertiary/aromatic N) is 2. The maximum Gasteiger partial charge on any atom is 0.326 e. The zero-order valence-electron chi connectivity index (χ0n) is 15.6. The topological polar surface area (TPSA) is 72.9 Å². The van der Waals surface area contributed by atoms with Crippen LogP contribution in [0.4, 0.5) is 4.79 Å². The third-order valence-electron chi connectivity index (χ3n) is 4.89. The van der Waals surface area contributed by atoms with Crippen molar-refractivity contribution in [2.24, 2.45) is 5.92 Å². The Balaban J connectivity index is 1.77. The molecule has 0 unspecified atom stereocenters. The van der Waals surface area contributed by atoms with Crippen LogP contribution in [0.5, 0.6) is 0 Å². The first-order valence-electron chi connectivity index (χ1n) is 9.23. The van der Waals surface area contributed by atoms with Crippen LogP contribution in [0.2, 0.25) is 0 Å². The van der Waals surface area contributed by atoms with Gasteiger partial charge in [-0.25, -0.2) is 9.59 Å². The molecule has 0 radical (unpaired) electrons. The number of aliphatic carboxylic acids is 1. The number of piperazine rings is 1. The SMILES string of the molecule is CC[C@H](C)[C@H](NC(=O)N1CCN(CC=Cc2ccccc2)CC1)C(=O)O. The van der Waals surface area contributed by atoms with Crippen LogP contribution in [0.3, 0.4) is 0 Å². The summed E-state index contributed by atoms with van der Waals surface area (Å²) in [5.41, 5.74) is 1.18. The zero-order valence-corrected chi connectivity index (χ0v) is 15.6. The van der Waals surface area contributed by atoms with Gasteiger partial charge in [0.15, 0.2) is 0 Å². The van der Waals surface area contributed by atoms with Crippen molar-refractivity contribution in [3.63, 3.8) is 0 Å². The number of carboxylic acids is 1. The fourth-order valence-electron chi connectivity index (χ4n) is 2.94. The van der Waals surface area contributed by atoms with Crippen molar-refractivity contribution in [1.82, 2.24) is 15.1 Å². The first-order valence-corrected chi connectivity index (χ1v) is 9.23. The summed E-state index contributed by atoms with van der Waals surface area (Å²) in [4.78, 5) is 27.7. The van der Waals surface area contributed by atoms with E-state index in [0.29, 0.717) is 19.5 Å². The molecule has 1 aliphatic rings. The minimum atomic E-state index is -0.975. The molecule has 6 heteroatoms. The number of amides is 2. The van der Waals surface area contributed by atoms with E-state index in [1.807, 2.05) is 32.0 Å². The van der Waals surface area contributed by atoms with Crippen LogP contribution < -0.4 is 5.32 Å². The maximum atomic E-state index is 12.4. The number of carbonyl (C=O) groups is 2. The average Bonchev–Trinajstić information content (AvgIpc) is 2.66. The van der Waals surface area contributed by atoms with Crippen molar-refractivity contribution in [2.45, 2.75) is 26.3 Å². The Hall–Kier alpha value is -2.34. The number of rotatable bonds is 7. The Kier molecular flexibility index (Phi) is 7.66. The molecule has 0 bridgehead atoms. The lowest BCUT2D eigenvalue weighted by atomic mass is 9.99. The van der Waals surface area contributed by atoms with E-state index in [-0.39, 0.29) is 11.9 Å². The first-order chi connectivity index (χ1) is 12.5. The second-order valence-corrected chi connectivity index (χ2v) is 6.75. The molecule has 142 valence electrons. The summed E-state index contributed by atoms with van der Waals surface area (Å²) in [6, 6.07) is 9.04. The van der Waals surface area contributed by atoms with Crippen LogP contribution in [0.25, 0.3) is 6.08 Å². The molecule has 1 aromatic rings. The van der Waals surface area contributed by atoms with Gasteiger partial charge >= 0.3 is 12.0 Å². The van der Waals surface area contributed by atoms with Gasteiger partial charge in [-0.15, -0.1) is 0 Å². The molecule has 0 spiro atoms. The molecular weight excluding hydrogens is 330 g/mol. The van der Waals surface area contributed by atoms with Gasteiger partial charge in [0.1, 0.15) is 6.04 Å². The predicted octanol–water partition coefficient (Wildman–Crippen LogP) is 2.53. The number of carboxylic acid groups (broad SMARTS) is 1. The highest BCUT2D eigenvalue weighted by Gasteiger charge is 2.28. The van der Waals surface area contributed by atoms with Crippen LogP contribution in [0.1, 0.15) is 25.8 Å². The normalized spacial score (nSPS) is 17.8. The van der Waals surface area contributed by atoms with Crippen LogP contribution in [-0.4, -0.2) is 65.7 Å². The lowest BCUT2D eigenvalue weighted by Crippen LogP contribution is -2.55. The van der Waals surface area contributed by atoms with Gasteiger partial charge in [-0.2, -0.15) is 0 Å². The summed E-state index contributed by atoms with van der Waals surface area (Å²) in [6.45, 7) is 7.40. The summed E-state index contributed by atoms with van der Waals surface area (Å²) < 4.78 is 0. The van der Waals surface area contributed by atoms with Crippen LogP contribution in [0.15, 0.2) is 36.4 Å². The zero-order chi connectivity index (χ0) is 18.9. The molecule has 1 saturated heterocycles. The molecule has 0 aliphatic carbocycles. The van der Waals surface area contributed by atoms with Gasteiger partial charge in [-0.05, 0) is 11.5 Å². The number of benzene rings is 1. The van der Waals surface area contributed by atoms with Crippen molar-refractivity contribution in [1.29, 1.82) is 0 Å². The van der Waals surface area contributed by atoms with E-state index in [1.54, 1.807) is 4.90 Å².